The van der Waals surface area contributed by atoms with Gasteiger partial charge in [0.1, 0.15) is 0 Å². The van der Waals surface area contributed by atoms with Crippen LogP contribution in [-0.2, 0) is 9.05 Å². The molecular weight excluding hydrogens is 252 g/mol. The van der Waals surface area contributed by atoms with E-state index in [1.807, 2.05) is 0 Å². The largest absolute Gasteiger partial charge is 0.490 e. The second kappa shape index (κ2) is 4.51. The molecule has 1 aromatic rings. The van der Waals surface area contributed by atoms with Crippen LogP contribution < -0.4 is 9.47 Å². The first-order valence-corrected chi connectivity index (χ1v) is 7.22. The minimum Gasteiger partial charge on any atom is -0.490 e. The molecule has 0 aliphatic carbocycles. The molecule has 0 bridgehead atoms. The maximum absolute atomic E-state index is 11.1. The van der Waals surface area contributed by atoms with Gasteiger partial charge in [-0.25, -0.2) is 8.42 Å². The van der Waals surface area contributed by atoms with Gasteiger partial charge in [0.2, 0.25) is 0 Å². The number of ether oxygens (including phenoxy) is 2. The molecule has 0 saturated heterocycles. The molecule has 16 heavy (non-hydrogen) atoms. The molecule has 1 aliphatic rings. The van der Waals surface area contributed by atoms with Crippen molar-refractivity contribution < 1.29 is 17.9 Å². The van der Waals surface area contributed by atoms with E-state index in [0.29, 0.717) is 24.7 Å². The highest BCUT2D eigenvalue weighted by Gasteiger charge is 2.15. The van der Waals surface area contributed by atoms with Gasteiger partial charge in [0, 0.05) is 16.7 Å². The zero-order chi connectivity index (χ0) is 11.6. The van der Waals surface area contributed by atoms with Crippen molar-refractivity contribution in [2.75, 3.05) is 13.2 Å². The van der Waals surface area contributed by atoms with Gasteiger partial charge in [-0.2, -0.15) is 0 Å². The van der Waals surface area contributed by atoms with Crippen molar-refractivity contribution in [3.8, 4) is 11.5 Å². The van der Waals surface area contributed by atoms with Crippen LogP contribution in [0.15, 0.2) is 23.1 Å². The first kappa shape index (κ1) is 11.5. The maximum atomic E-state index is 11.1. The van der Waals surface area contributed by atoms with Crippen molar-refractivity contribution in [3.05, 3.63) is 18.2 Å². The highest BCUT2D eigenvalue weighted by atomic mass is 35.7. The minimum atomic E-state index is -3.72. The highest BCUT2D eigenvalue weighted by molar-refractivity contribution is 8.13. The molecule has 0 atom stereocenters. The van der Waals surface area contributed by atoms with E-state index in [1.165, 1.54) is 12.1 Å². The van der Waals surface area contributed by atoms with E-state index >= 15 is 0 Å². The van der Waals surface area contributed by atoms with E-state index in [4.69, 9.17) is 20.2 Å². The average Bonchev–Trinajstić information content (AvgIpc) is 2.16. The Morgan fingerprint density at radius 2 is 1.69 bits per heavy atom. The van der Waals surface area contributed by atoms with Crippen molar-refractivity contribution in [1.29, 1.82) is 0 Å². The van der Waals surface area contributed by atoms with Crippen molar-refractivity contribution >= 4 is 19.7 Å². The van der Waals surface area contributed by atoms with Crippen LogP contribution in [0, 0.1) is 0 Å². The lowest BCUT2D eigenvalue weighted by atomic mass is 10.3. The summed E-state index contributed by atoms with van der Waals surface area (Å²) in [5.41, 5.74) is 0. The molecule has 1 aromatic carbocycles. The third kappa shape index (κ3) is 2.59. The fraction of sp³-hybridized carbons (Fsp3) is 0.400. The summed E-state index contributed by atoms with van der Waals surface area (Å²) in [5, 5.41) is 0. The summed E-state index contributed by atoms with van der Waals surface area (Å²) < 4.78 is 33.1. The zero-order valence-corrected chi connectivity index (χ0v) is 10.1. The van der Waals surface area contributed by atoms with Crippen LogP contribution in [0.1, 0.15) is 12.8 Å². The van der Waals surface area contributed by atoms with Gasteiger partial charge >= 0.3 is 0 Å². The molecule has 0 fully saturated rings. The normalized spacial score (nSPS) is 16.3. The van der Waals surface area contributed by atoms with Crippen molar-refractivity contribution in [3.63, 3.8) is 0 Å². The molecule has 0 amide bonds. The van der Waals surface area contributed by atoms with Gasteiger partial charge in [-0.05, 0) is 25.0 Å². The molecule has 1 heterocycles. The number of benzene rings is 1. The average molecular weight is 263 g/mol. The summed E-state index contributed by atoms with van der Waals surface area (Å²) in [5.74, 6) is 0.991. The Kier molecular flexibility index (Phi) is 3.25. The molecule has 1 aliphatic heterocycles. The van der Waals surface area contributed by atoms with Gasteiger partial charge < -0.3 is 9.47 Å². The van der Waals surface area contributed by atoms with E-state index < -0.39 is 9.05 Å². The molecule has 6 heteroatoms. The third-order valence-corrected chi connectivity index (χ3v) is 3.60. The lowest BCUT2D eigenvalue weighted by Crippen LogP contribution is -2.08. The minimum absolute atomic E-state index is 0.0251. The zero-order valence-electron chi connectivity index (χ0n) is 8.48. The van der Waals surface area contributed by atoms with Crippen LogP contribution in [0.4, 0.5) is 0 Å². The van der Waals surface area contributed by atoms with Gasteiger partial charge in [-0.1, -0.05) is 0 Å². The third-order valence-electron chi connectivity index (χ3n) is 2.25. The van der Waals surface area contributed by atoms with E-state index in [2.05, 4.69) is 0 Å². The predicted molar refractivity (Wildman–Crippen MR) is 59.7 cm³/mol. The Labute approximate surface area is 98.5 Å². The molecule has 0 radical (unpaired) electrons. The van der Waals surface area contributed by atoms with Gasteiger partial charge in [-0.15, -0.1) is 0 Å². The summed E-state index contributed by atoms with van der Waals surface area (Å²) in [6.07, 6.45) is 1.81. The van der Waals surface area contributed by atoms with Crippen LogP contribution in [0.25, 0.3) is 0 Å². The van der Waals surface area contributed by atoms with E-state index in [0.717, 1.165) is 12.8 Å². The fourth-order valence-electron chi connectivity index (χ4n) is 1.44. The molecule has 0 spiro atoms. The molecule has 2 rings (SSSR count). The number of halogens is 1. The van der Waals surface area contributed by atoms with E-state index in [-0.39, 0.29) is 4.90 Å². The first-order valence-electron chi connectivity index (χ1n) is 4.92. The van der Waals surface area contributed by atoms with Crippen LogP contribution >= 0.6 is 10.7 Å². The van der Waals surface area contributed by atoms with Crippen LogP contribution in [0.3, 0.4) is 0 Å². The lowest BCUT2D eigenvalue weighted by Gasteiger charge is -2.16. The fourth-order valence-corrected chi connectivity index (χ4v) is 2.21. The Morgan fingerprint density at radius 1 is 1.06 bits per heavy atom. The monoisotopic (exact) mass is 262 g/mol. The van der Waals surface area contributed by atoms with Gasteiger partial charge in [-0.3, -0.25) is 0 Å². The van der Waals surface area contributed by atoms with Crippen LogP contribution in [-0.4, -0.2) is 21.6 Å². The molecule has 0 N–H and O–H groups in total. The second-order valence-electron chi connectivity index (χ2n) is 3.45. The summed E-state index contributed by atoms with van der Waals surface area (Å²) in [6.45, 7) is 1.17. The molecule has 4 nitrogen and oxygen atoms in total. The smallest absolute Gasteiger partial charge is 0.261 e. The van der Waals surface area contributed by atoms with E-state index in [1.54, 1.807) is 6.07 Å². The molecule has 0 aromatic heterocycles. The number of fused-ring (bicyclic) bond motifs is 1. The Bertz CT molecular complexity index is 484. The first-order chi connectivity index (χ1) is 7.57. The SMILES string of the molecule is O=S(=O)(Cl)c1ccc2c(c1)OCCCCO2. The molecular formula is C10H11ClO4S. The number of hydrogen-bond acceptors (Lipinski definition) is 4. The standard InChI is InChI=1S/C10H11ClO4S/c11-16(12,13)8-3-4-9-10(7-8)15-6-2-1-5-14-9/h3-4,7H,1-2,5-6H2. The van der Waals surface area contributed by atoms with Crippen molar-refractivity contribution in [2.45, 2.75) is 17.7 Å². The summed E-state index contributed by atoms with van der Waals surface area (Å²) in [6, 6.07) is 4.37. The Balaban J connectivity index is 2.39. The maximum Gasteiger partial charge on any atom is 0.261 e. The van der Waals surface area contributed by atoms with Gasteiger partial charge in [0.15, 0.2) is 11.5 Å². The van der Waals surface area contributed by atoms with Crippen molar-refractivity contribution in [2.24, 2.45) is 0 Å². The molecule has 0 unspecified atom stereocenters. The lowest BCUT2D eigenvalue weighted by molar-refractivity contribution is 0.223. The van der Waals surface area contributed by atoms with Crippen LogP contribution in [0.2, 0.25) is 0 Å². The summed E-state index contributed by atoms with van der Waals surface area (Å²) in [7, 11) is 1.53. The van der Waals surface area contributed by atoms with E-state index in [9.17, 15) is 8.42 Å². The van der Waals surface area contributed by atoms with Crippen molar-refractivity contribution in [1.82, 2.24) is 0 Å². The molecule has 88 valence electrons. The van der Waals surface area contributed by atoms with Gasteiger partial charge in [0.25, 0.3) is 9.05 Å². The van der Waals surface area contributed by atoms with Gasteiger partial charge in [0.05, 0.1) is 18.1 Å². The second-order valence-corrected chi connectivity index (χ2v) is 6.02. The van der Waals surface area contributed by atoms with Crippen LogP contribution in [0.5, 0.6) is 11.5 Å². The summed E-state index contributed by atoms with van der Waals surface area (Å²) >= 11 is 0. The Morgan fingerprint density at radius 3 is 2.31 bits per heavy atom. The Hall–Kier alpha value is -0.940. The topological polar surface area (TPSA) is 52.6 Å². The molecule has 0 saturated carbocycles. The highest BCUT2D eigenvalue weighted by Crippen LogP contribution is 2.32. The summed E-state index contributed by atoms with van der Waals surface area (Å²) in [4.78, 5) is 0.0251. The number of rotatable bonds is 1. The predicted octanol–water partition coefficient (Wildman–Crippen LogP) is 2.17. The number of hydrogen-bond donors (Lipinski definition) is 0. The quantitative estimate of drug-likeness (QED) is 0.728.